The molecule has 3 aliphatic rings. The summed E-state index contributed by atoms with van der Waals surface area (Å²) in [4.78, 5) is 62.6. The van der Waals surface area contributed by atoms with Crippen LogP contribution in [-0.4, -0.2) is 29.1 Å². The smallest absolute Gasteiger partial charge is 0.307 e. The minimum atomic E-state index is -0.789. The van der Waals surface area contributed by atoms with Gasteiger partial charge in [-0.1, -0.05) is 24.3 Å². The number of esters is 1. The second kappa shape index (κ2) is 5.69. The van der Waals surface area contributed by atoms with Gasteiger partial charge in [0.1, 0.15) is 5.76 Å². The number of Topliss-reactive ketones (excluding diaryl/α,β-unsaturated/α-hetero) is 4. The van der Waals surface area contributed by atoms with E-state index in [1.807, 2.05) is 0 Å². The molecule has 0 spiro atoms. The highest BCUT2D eigenvalue weighted by Gasteiger charge is 2.50. The van der Waals surface area contributed by atoms with E-state index in [2.05, 4.69) is 0 Å². The molecule has 0 saturated carbocycles. The average molecular weight is 350 g/mol. The van der Waals surface area contributed by atoms with E-state index in [-0.39, 0.29) is 35.1 Å². The number of rotatable bonds is 1. The van der Waals surface area contributed by atoms with E-state index in [0.717, 1.165) is 0 Å². The number of allylic oxidation sites excluding steroid dienone is 4. The van der Waals surface area contributed by atoms with E-state index in [0.29, 0.717) is 5.76 Å². The summed E-state index contributed by atoms with van der Waals surface area (Å²) in [6.45, 7) is 1.25. The van der Waals surface area contributed by atoms with Gasteiger partial charge >= 0.3 is 5.97 Å². The van der Waals surface area contributed by atoms with Crippen molar-refractivity contribution in [2.45, 2.75) is 19.8 Å². The van der Waals surface area contributed by atoms with Crippen LogP contribution in [0.1, 0.15) is 40.5 Å². The minimum Gasteiger partial charge on any atom is -0.432 e. The SMILES string of the molecule is CC(=O)OC1=CCC2C(=O)C3=C(C(=O)c4ccccc4C3=O)C(=O)C2C1. The molecule has 0 saturated heterocycles. The molecule has 4 rings (SSSR count). The molecule has 26 heavy (non-hydrogen) atoms. The third-order valence-electron chi connectivity index (χ3n) is 5.07. The minimum absolute atomic E-state index is 0.0642. The van der Waals surface area contributed by atoms with Crippen LogP contribution in [0.25, 0.3) is 0 Å². The molecule has 0 fully saturated rings. The Labute approximate surface area is 148 Å². The standard InChI is InChI=1S/C20H14O6/c1-9(21)26-10-6-7-13-14(8-10)20(25)16-15(19(13)24)17(22)11-4-2-3-5-12(11)18(16)23/h2-6,13-14H,7-8H2,1H3. The van der Waals surface area contributed by atoms with Crippen molar-refractivity contribution in [3.63, 3.8) is 0 Å². The molecule has 6 heteroatoms. The maximum Gasteiger partial charge on any atom is 0.307 e. The number of carbonyl (C=O) groups excluding carboxylic acids is 5. The molecular weight excluding hydrogens is 336 g/mol. The number of ether oxygens (including phenoxy) is 1. The molecule has 0 aliphatic heterocycles. The Kier molecular flexibility index (Phi) is 3.57. The zero-order valence-electron chi connectivity index (χ0n) is 13.9. The fraction of sp³-hybridized carbons (Fsp3) is 0.250. The lowest BCUT2D eigenvalue weighted by Crippen LogP contribution is -2.45. The van der Waals surface area contributed by atoms with Gasteiger partial charge in [-0.25, -0.2) is 0 Å². The Morgan fingerprint density at radius 1 is 0.923 bits per heavy atom. The topological polar surface area (TPSA) is 94.6 Å². The molecule has 130 valence electrons. The Bertz CT molecular complexity index is 978. The molecule has 2 atom stereocenters. The molecule has 0 N–H and O–H groups in total. The Morgan fingerprint density at radius 2 is 1.46 bits per heavy atom. The van der Waals surface area contributed by atoms with Gasteiger partial charge in [-0.3, -0.25) is 24.0 Å². The van der Waals surface area contributed by atoms with E-state index >= 15 is 0 Å². The summed E-state index contributed by atoms with van der Waals surface area (Å²) < 4.78 is 5.05. The predicted molar refractivity (Wildman–Crippen MR) is 88.2 cm³/mol. The van der Waals surface area contributed by atoms with Crippen molar-refractivity contribution in [3.8, 4) is 0 Å². The largest absolute Gasteiger partial charge is 0.432 e. The fourth-order valence-corrected chi connectivity index (χ4v) is 3.91. The molecule has 6 nitrogen and oxygen atoms in total. The highest BCUT2D eigenvalue weighted by atomic mass is 16.5. The molecule has 0 heterocycles. The maximum absolute atomic E-state index is 13.0. The molecule has 3 aliphatic carbocycles. The van der Waals surface area contributed by atoms with Gasteiger partial charge in [0.2, 0.25) is 0 Å². The van der Waals surface area contributed by atoms with Gasteiger partial charge in [0.05, 0.1) is 11.1 Å². The monoisotopic (exact) mass is 350 g/mol. The second-order valence-electron chi connectivity index (χ2n) is 6.60. The zero-order chi connectivity index (χ0) is 18.6. The van der Waals surface area contributed by atoms with Crippen LogP contribution >= 0.6 is 0 Å². The van der Waals surface area contributed by atoms with Gasteiger partial charge in [-0.15, -0.1) is 0 Å². The highest BCUT2D eigenvalue weighted by Crippen LogP contribution is 2.42. The van der Waals surface area contributed by atoms with Crippen LogP contribution in [0.2, 0.25) is 0 Å². The van der Waals surface area contributed by atoms with Crippen molar-refractivity contribution in [1.82, 2.24) is 0 Å². The predicted octanol–water partition coefficient (Wildman–Crippen LogP) is 1.99. The van der Waals surface area contributed by atoms with Gasteiger partial charge in [0, 0.05) is 36.3 Å². The summed E-state index contributed by atoms with van der Waals surface area (Å²) >= 11 is 0. The summed E-state index contributed by atoms with van der Waals surface area (Å²) in [6, 6.07) is 6.19. The molecule has 0 radical (unpaired) electrons. The van der Waals surface area contributed by atoms with Gasteiger partial charge in [0.15, 0.2) is 23.1 Å². The number of ketones is 4. The molecule has 0 amide bonds. The number of hydrogen-bond donors (Lipinski definition) is 0. The second-order valence-corrected chi connectivity index (χ2v) is 6.60. The summed E-state index contributed by atoms with van der Waals surface area (Å²) in [7, 11) is 0. The molecular formula is C20H14O6. The fourth-order valence-electron chi connectivity index (χ4n) is 3.91. The summed E-state index contributed by atoms with van der Waals surface area (Å²) in [6.07, 6.45) is 1.86. The van der Waals surface area contributed by atoms with Crippen molar-refractivity contribution in [1.29, 1.82) is 0 Å². The molecule has 1 aromatic carbocycles. The van der Waals surface area contributed by atoms with Crippen LogP contribution in [0, 0.1) is 11.8 Å². The lowest BCUT2D eigenvalue weighted by molar-refractivity contribution is -0.138. The van der Waals surface area contributed by atoms with Gasteiger partial charge in [0.25, 0.3) is 0 Å². The average Bonchev–Trinajstić information content (AvgIpc) is 2.62. The Morgan fingerprint density at radius 3 is 2.00 bits per heavy atom. The Balaban J connectivity index is 1.79. The van der Waals surface area contributed by atoms with Crippen molar-refractivity contribution in [2.75, 3.05) is 0 Å². The molecule has 2 unspecified atom stereocenters. The van der Waals surface area contributed by atoms with Crippen molar-refractivity contribution in [2.24, 2.45) is 11.8 Å². The lowest BCUT2D eigenvalue weighted by atomic mass is 9.64. The van der Waals surface area contributed by atoms with Crippen molar-refractivity contribution < 1.29 is 28.7 Å². The van der Waals surface area contributed by atoms with E-state index in [4.69, 9.17) is 4.74 Å². The van der Waals surface area contributed by atoms with Crippen molar-refractivity contribution in [3.05, 3.63) is 58.4 Å². The first kappa shape index (κ1) is 16.3. The van der Waals surface area contributed by atoms with E-state index in [1.165, 1.54) is 19.1 Å². The number of fused-ring (bicyclic) bond motifs is 2. The van der Waals surface area contributed by atoms with Gasteiger partial charge in [-0.05, 0) is 12.5 Å². The summed E-state index contributed by atoms with van der Waals surface area (Å²) in [5.74, 6) is -3.84. The summed E-state index contributed by atoms with van der Waals surface area (Å²) in [5.41, 5.74) is -0.307. The number of carbonyl (C=O) groups is 5. The first-order chi connectivity index (χ1) is 12.4. The Hall–Kier alpha value is -3.15. The van der Waals surface area contributed by atoms with Crippen LogP contribution < -0.4 is 0 Å². The normalized spacial score (nSPS) is 24.6. The van der Waals surface area contributed by atoms with Crippen LogP contribution in [0.5, 0.6) is 0 Å². The molecule has 0 bridgehead atoms. The van der Waals surface area contributed by atoms with E-state index in [9.17, 15) is 24.0 Å². The first-order valence-corrected chi connectivity index (χ1v) is 8.28. The van der Waals surface area contributed by atoms with Crippen LogP contribution in [-0.2, 0) is 19.1 Å². The molecule has 1 aromatic rings. The lowest BCUT2D eigenvalue weighted by Gasteiger charge is -2.35. The summed E-state index contributed by atoms with van der Waals surface area (Å²) in [5, 5.41) is 0. The van der Waals surface area contributed by atoms with E-state index < -0.39 is 40.9 Å². The van der Waals surface area contributed by atoms with Gasteiger partial charge < -0.3 is 4.74 Å². The quantitative estimate of drug-likeness (QED) is 0.568. The van der Waals surface area contributed by atoms with Gasteiger partial charge in [-0.2, -0.15) is 0 Å². The van der Waals surface area contributed by atoms with Crippen LogP contribution in [0.4, 0.5) is 0 Å². The first-order valence-electron chi connectivity index (χ1n) is 8.28. The number of benzene rings is 1. The van der Waals surface area contributed by atoms with Crippen molar-refractivity contribution >= 4 is 29.1 Å². The number of hydrogen-bond acceptors (Lipinski definition) is 6. The van der Waals surface area contributed by atoms with E-state index in [1.54, 1.807) is 18.2 Å². The third-order valence-corrected chi connectivity index (χ3v) is 5.07. The van der Waals surface area contributed by atoms with Crippen LogP contribution in [0.3, 0.4) is 0 Å². The zero-order valence-corrected chi connectivity index (χ0v) is 13.9. The highest BCUT2D eigenvalue weighted by molar-refractivity contribution is 6.45. The third kappa shape index (κ3) is 2.22. The maximum atomic E-state index is 13.0. The molecule has 0 aromatic heterocycles. The van der Waals surface area contributed by atoms with Crippen LogP contribution in [0.15, 0.2) is 47.2 Å².